The van der Waals surface area contributed by atoms with Gasteiger partial charge >= 0.3 is 0 Å². The summed E-state index contributed by atoms with van der Waals surface area (Å²) < 4.78 is 7.22. The number of allylic oxidation sites excluding steroid dienone is 1. The molecule has 35 heavy (non-hydrogen) atoms. The van der Waals surface area contributed by atoms with Crippen molar-refractivity contribution in [2.45, 2.75) is 77.9 Å². The zero-order valence-electron chi connectivity index (χ0n) is 22.5. The third-order valence-corrected chi connectivity index (χ3v) is 13.8. The predicted molar refractivity (Wildman–Crippen MR) is 150 cm³/mol. The Morgan fingerprint density at radius 3 is 2.00 bits per heavy atom. The van der Waals surface area contributed by atoms with E-state index in [0.717, 1.165) is 32.1 Å². The lowest BCUT2D eigenvalue weighted by molar-refractivity contribution is 0.0712. The molecule has 2 N–H and O–H groups in total. The van der Waals surface area contributed by atoms with Gasteiger partial charge in [0, 0.05) is 6.61 Å². The molecular weight excluding hydrogens is 448 g/mol. The summed E-state index contributed by atoms with van der Waals surface area (Å²) in [7, 11) is -2.72. The lowest BCUT2D eigenvalue weighted by Gasteiger charge is -2.48. The average Bonchev–Trinajstić information content (AvgIpc) is 2.85. The van der Waals surface area contributed by atoms with Crippen LogP contribution in [0.15, 0.2) is 72.8 Å². The van der Waals surface area contributed by atoms with Crippen molar-refractivity contribution in [2.24, 2.45) is 17.3 Å². The minimum atomic E-state index is -2.72. The maximum Gasteiger partial charge on any atom is 0.261 e. The van der Waals surface area contributed by atoms with Gasteiger partial charge in [0.2, 0.25) is 0 Å². The molecule has 1 fully saturated rings. The molecule has 4 heteroatoms. The summed E-state index contributed by atoms with van der Waals surface area (Å²) in [5.74, 6) is 0.906. The summed E-state index contributed by atoms with van der Waals surface area (Å²) >= 11 is 0. The van der Waals surface area contributed by atoms with Gasteiger partial charge in [0.1, 0.15) is 0 Å². The van der Waals surface area contributed by atoms with Gasteiger partial charge in [-0.3, -0.25) is 0 Å². The van der Waals surface area contributed by atoms with Gasteiger partial charge in [-0.25, -0.2) is 0 Å². The predicted octanol–water partition coefficient (Wildman–Crippen LogP) is 5.70. The van der Waals surface area contributed by atoms with Crippen molar-refractivity contribution in [1.29, 1.82) is 0 Å². The van der Waals surface area contributed by atoms with Crippen LogP contribution >= 0.6 is 0 Å². The minimum Gasteiger partial charge on any atom is -0.402 e. The van der Waals surface area contributed by atoms with Crippen molar-refractivity contribution in [3.8, 4) is 0 Å². The normalized spacial score (nSPS) is 24.4. The summed E-state index contributed by atoms with van der Waals surface area (Å²) in [6.45, 7) is 16.2. The number of hydrogen-bond acceptors (Lipinski definition) is 3. The first-order valence-corrected chi connectivity index (χ1v) is 15.2. The molecule has 2 aromatic carbocycles. The molecule has 0 heterocycles. The molecule has 0 bridgehead atoms. The van der Waals surface area contributed by atoms with E-state index in [1.165, 1.54) is 15.9 Å². The highest BCUT2D eigenvalue weighted by atomic mass is 28.4. The number of hydrogen-bond donors (Lipinski definition) is 2. The Labute approximate surface area is 214 Å². The van der Waals surface area contributed by atoms with Crippen LogP contribution in [0.4, 0.5) is 0 Å². The fraction of sp³-hybridized carbons (Fsp3) is 0.548. The zero-order valence-corrected chi connectivity index (χ0v) is 23.5. The fourth-order valence-corrected chi connectivity index (χ4v) is 10.9. The first-order valence-electron chi connectivity index (χ1n) is 13.3. The maximum absolute atomic E-state index is 10.6. The number of benzene rings is 2. The van der Waals surface area contributed by atoms with Gasteiger partial charge in [-0.2, -0.15) is 0 Å². The number of aliphatic hydroxyl groups excluding tert-OH is 2. The van der Waals surface area contributed by atoms with Crippen LogP contribution in [0, 0.1) is 17.3 Å². The Morgan fingerprint density at radius 1 is 1.00 bits per heavy atom. The molecule has 0 spiro atoms. The third kappa shape index (κ3) is 5.66. The van der Waals surface area contributed by atoms with Crippen molar-refractivity contribution in [3.63, 3.8) is 0 Å². The maximum atomic E-state index is 10.6. The van der Waals surface area contributed by atoms with Crippen LogP contribution in [0.25, 0.3) is 0 Å². The summed E-state index contributed by atoms with van der Waals surface area (Å²) in [5, 5.41) is 22.5. The first kappa shape index (κ1) is 27.9. The molecule has 2 aromatic rings. The Bertz CT molecular complexity index is 897. The Kier molecular flexibility index (Phi) is 9.20. The van der Waals surface area contributed by atoms with E-state index in [4.69, 9.17) is 4.43 Å². The molecule has 1 aliphatic carbocycles. The van der Waals surface area contributed by atoms with E-state index in [-0.39, 0.29) is 29.8 Å². The van der Waals surface area contributed by atoms with E-state index in [1.807, 2.05) is 0 Å². The molecule has 0 radical (unpaired) electrons. The molecule has 0 unspecified atom stereocenters. The molecule has 0 amide bonds. The largest absolute Gasteiger partial charge is 0.402 e. The zero-order chi connectivity index (χ0) is 25.7. The topological polar surface area (TPSA) is 49.7 Å². The SMILES string of the molecule is C=C1[C@@H](CCO)CC[C@H](C)[C@@]1(C)CC[C@@H](CO)O[Si](c1ccccc1)(c1ccccc1)C(C)(C)C. The van der Waals surface area contributed by atoms with Crippen LogP contribution < -0.4 is 10.4 Å². The van der Waals surface area contributed by atoms with Crippen LogP contribution in [0.5, 0.6) is 0 Å². The third-order valence-electron chi connectivity index (χ3n) is 8.69. The van der Waals surface area contributed by atoms with Crippen LogP contribution in [0.3, 0.4) is 0 Å². The lowest BCUT2D eigenvalue weighted by Crippen LogP contribution is -2.68. The highest BCUT2D eigenvalue weighted by molar-refractivity contribution is 6.99. The smallest absolute Gasteiger partial charge is 0.261 e. The van der Waals surface area contributed by atoms with Gasteiger partial charge in [0.15, 0.2) is 0 Å². The van der Waals surface area contributed by atoms with Crippen LogP contribution in [0.2, 0.25) is 5.04 Å². The van der Waals surface area contributed by atoms with Gasteiger partial charge < -0.3 is 14.6 Å². The van der Waals surface area contributed by atoms with Crippen LogP contribution in [-0.4, -0.2) is 37.8 Å². The second-order valence-electron chi connectivity index (χ2n) is 11.8. The molecule has 4 atom stereocenters. The summed E-state index contributed by atoms with van der Waals surface area (Å²) in [6.07, 6.45) is 4.52. The molecule has 1 saturated carbocycles. The van der Waals surface area contributed by atoms with Crippen molar-refractivity contribution in [3.05, 3.63) is 72.8 Å². The Morgan fingerprint density at radius 2 is 1.54 bits per heavy atom. The van der Waals surface area contributed by atoms with Gasteiger partial charge in [-0.15, -0.1) is 0 Å². The average molecular weight is 495 g/mol. The highest BCUT2D eigenvalue weighted by Gasteiger charge is 2.51. The quantitative estimate of drug-likeness (QED) is 0.329. The van der Waals surface area contributed by atoms with Gasteiger partial charge in [0.05, 0.1) is 12.7 Å². The fourth-order valence-electron chi connectivity index (χ4n) is 6.20. The van der Waals surface area contributed by atoms with Gasteiger partial charge in [-0.1, -0.05) is 107 Å². The minimum absolute atomic E-state index is 0.00149. The van der Waals surface area contributed by atoms with Crippen LogP contribution in [-0.2, 0) is 4.43 Å². The summed E-state index contributed by atoms with van der Waals surface area (Å²) in [4.78, 5) is 0. The van der Waals surface area contributed by atoms with Gasteiger partial charge in [-0.05, 0) is 64.8 Å². The number of rotatable bonds is 10. The lowest BCUT2D eigenvalue weighted by atomic mass is 9.59. The second-order valence-corrected chi connectivity index (χ2v) is 16.0. The van der Waals surface area contributed by atoms with Crippen molar-refractivity contribution in [2.75, 3.05) is 13.2 Å². The number of aliphatic hydroxyl groups is 2. The van der Waals surface area contributed by atoms with E-state index in [2.05, 4.69) is 102 Å². The molecule has 0 aromatic heterocycles. The molecule has 3 nitrogen and oxygen atoms in total. The summed E-state index contributed by atoms with van der Waals surface area (Å²) in [5.41, 5.74) is 1.26. The molecule has 0 saturated heterocycles. The monoisotopic (exact) mass is 494 g/mol. The summed E-state index contributed by atoms with van der Waals surface area (Å²) in [6, 6.07) is 21.3. The standard InChI is InChI=1S/C31H46O3Si/c1-24-17-18-26(20-22-32)25(2)31(24,6)21-19-27(23-33)34-35(30(3,4)5,28-13-9-7-10-14-28)29-15-11-8-12-16-29/h7-16,24,26-27,32-33H,2,17-23H2,1,3-6H3/t24-,26+,27-,31+/m0/s1. The van der Waals surface area contributed by atoms with Crippen molar-refractivity contribution in [1.82, 2.24) is 0 Å². The van der Waals surface area contributed by atoms with E-state index in [9.17, 15) is 10.2 Å². The van der Waals surface area contributed by atoms with Gasteiger partial charge in [0.25, 0.3) is 8.32 Å². The molecule has 192 valence electrons. The highest BCUT2D eigenvalue weighted by Crippen LogP contribution is 2.51. The second kappa shape index (κ2) is 11.6. The van der Waals surface area contributed by atoms with E-state index < -0.39 is 8.32 Å². The van der Waals surface area contributed by atoms with E-state index >= 15 is 0 Å². The molecule has 3 rings (SSSR count). The van der Waals surface area contributed by atoms with E-state index in [1.54, 1.807) is 0 Å². The first-order chi connectivity index (χ1) is 16.6. The van der Waals surface area contributed by atoms with Crippen LogP contribution in [0.1, 0.15) is 66.7 Å². The Balaban J connectivity index is 1.94. The molecule has 0 aliphatic heterocycles. The molecule has 1 aliphatic rings. The Hall–Kier alpha value is -1.72. The van der Waals surface area contributed by atoms with E-state index in [0.29, 0.717) is 11.8 Å². The molecular formula is C31H46O3Si. The van der Waals surface area contributed by atoms with Crippen molar-refractivity contribution >= 4 is 18.7 Å². The van der Waals surface area contributed by atoms with Crippen molar-refractivity contribution < 1.29 is 14.6 Å².